The van der Waals surface area contributed by atoms with Crippen molar-refractivity contribution in [2.75, 3.05) is 53.2 Å². The number of ether oxygens (including phenoxy) is 3. The van der Waals surface area contributed by atoms with E-state index in [0.717, 1.165) is 19.4 Å². The second kappa shape index (κ2) is 14.2. The molecule has 0 bridgehead atoms. The van der Waals surface area contributed by atoms with Crippen molar-refractivity contribution in [1.82, 2.24) is 10.6 Å². The summed E-state index contributed by atoms with van der Waals surface area (Å²) in [5.41, 5.74) is 0. The molecule has 1 amide bonds. The average Bonchev–Trinajstić information content (AvgIpc) is 2.37. The first-order chi connectivity index (χ1) is 8.81. The van der Waals surface area contributed by atoms with Gasteiger partial charge < -0.3 is 24.8 Å². The molecule has 0 unspecified atom stereocenters. The van der Waals surface area contributed by atoms with Crippen LogP contribution in [-0.4, -0.2) is 59.3 Å². The van der Waals surface area contributed by atoms with E-state index in [0.29, 0.717) is 33.0 Å². The number of unbranched alkanes of at least 4 members (excludes halogenated alkanes) is 1. The van der Waals surface area contributed by atoms with Gasteiger partial charge in [0.25, 0.3) is 0 Å². The molecule has 6 heteroatoms. The molecule has 2 N–H and O–H groups in total. The summed E-state index contributed by atoms with van der Waals surface area (Å²) in [6.45, 7) is 5.99. The summed E-state index contributed by atoms with van der Waals surface area (Å²) < 4.78 is 15.4. The van der Waals surface area contributed by atoms with Gasteiger partial charge in [0, 0.05) is 13.1 Å². The van der Waals surface area contributed by atoms with Gasteiger partial charge in [-0.15, -0.1) is 0 Å². The molecule has 0 atom stereocenters. The number of amides is 1. The molecular formula is C12H26N2O4. The fourth-order valence-corrected chi connectivity index (χ4v) is 1.11. The standard InChI is InChI=1S/C12H26N2O4/c1-3-4-5-14-12(15)18-11-10-17-9-8-16-7-6-13-2/h13H,3-11H2,1-2H3,(H,14,15). The fourth-order valence-electron chi connectivity index (χ4n) is 1.11. The summed E-state index contributed by atoms with van der Waals surface area (Å²) in [4.78, 5) is 11.1. The molecule has 0 saturated heterocycles. The summed E-state index contributed by atoms with van der Waals surface area (Å²) in [6, 6.07) is 0. The van der Waals surface area contributed by atoms with Crippen molar-refractivity contribution in [1.29, 1.82) is 0 Å². The molecule has 0 fully saturated rings. The highest BCUT2D eigenvalue weighted by Gasteiger charge is 1.99. The van der Waals surface area contributed by atoms with Crippen molar-refractivity contribution < 1.29 is 19.0 Å². The first kappa shape index (κ1) is 17.2. The van der Waals surface area contributed by atoms with E-state index in [1.165, 1.54) is 0 Å². The zero-order valence-corrected chi connectivity index (χ0v) is 11.5. The van der Waals surface area contributed by atoms with Gasteiger partial charge >= 0.3 is 6.09 Å². The number of hydrogen-bond donors (Lipinski definition) is 2. The third kappa shape index (κ3) is 13.2. The molecular weight excluding hydrogens is 236 g/mol. The highest BCUT2D eigenvalue weighted by Crippen LogP contribution is 1.85. The summed E-state index contributed by atoms with van der Waals surface area (Å²) in [5.74, 6) is 0. The van der Waals surface area contributed by atoms with E-state index in [1.54, 1.807) is 0 Å². The summed E-state index contributed by atoms with van der Waals surface area (Å²) >= 11 is 0. The van der Waals surface area contributed by atoms with Crippen molar-refractivity contribution in [3.05, 3.63) is 0 Å². The Morgan fingerprint density at radius 3 is 2.33 bits per heavy atom. The van der Waals surface area contributed by atoms with Gasteiger partial charge in [-0.25, -0.2) is 4.79 Å². The predicted octanol–water partition coefficient (Wildman–Crippen LogP) is 0.765. The Labute approximate surface area is 109 Å². The molecule has 0 aromatic heterocycles. The molecule has 6 nitrogen and oxygen atoms in total. The van der Waals surface area contributed by atoms with Crippen molar-refractivity contribution >= 4 is 6.09 Å². The number of alkyl carbamates (subject to hydrolysis) is 1. The average molecular weight is 262 g/mol. The van der Waals surface area contributed by atoms with E-state index in [4.69, 9.17) is 14.2 Å². The molecule has 0 aromatic rings. The number of hydrogen-bond acceptors (Lipinski definition) is 5. The molecule has 0 rings (SSSR count). The summed E-state index contributed by atoms with van der Waals surface area (Å²) in [5, 5.41) is 5.64. The smallest absolute Gasteiger partial charge is 0.407 e. The van der Waals surface area contributed by atoms with Crippen LogP contribution in [-0.2, 0) is 14.2 Å². The Hall–Kier alpha value is -0.850. The lowest BCUT2D eigenvalue weighted by Crippen LogP contribution is -2.26. The quantitative estimate of drug-likeness (QED) is 0.508. The second-order valence-corrected chi connectivity index (χ2v) is 3.74. The molecule has 0 heterocycles. The normalized spacial score (nSPS) is 10.3. The fraction of sp³-hybridized carbons (Fsp3) is 0.917. The first-order valence-electron chi connectivity index (χ1n) is 6.52. The van der Waals surface area contributed by atoms with Gasteiger partial charge in [-0.3, -0.25) is 0 Å². The number of likely N-dealkylation sites (N-methyl/N-ethyl adjacent to an activating group) is 1. The Bertz CT molecular complexity index is 191. The van der Waals surface area contributed by atoms with Gasteiger partial charge in [-0.2, -0.15) is 0 Å². The van der Waals surface area contributed by atoms with Crippen molar-refractivity contribution in [3.8, 4) is 0 Å². The van der Waals surface area contributed by atoms with Crippen LogP contribution in [0.25, 0.3) is 0 Å². The van der Waals surface area contributed by atoms with Crippen LogP contribution in [0.15, 0.2) is 0 Å². The lowest BCUT2D eigenvalue weighted by Gasteiger charge is -2.07. The second-order valence-electron chi connectivity index (χ2n) is 3.74. The van der Waals surface area contributed by atoms with Crippen LogP contribution in [0.3, 0.4) is 0 Å². The van der Waals surface area contributed by atoms with Crippen molar-refractivity contribution in [2.45, 2.75) is 19.8 Å². The Balaban J connectivity index is 3.08. The van der Waals surface area contributed by atoms with Gasteiger partial charge in [0.15, 0.2) is 0 Å². The minimum atomic E-state index is -0.377. The molecule has 0 spiro atoms. The Kier molecular flexibility index (Phi) is 13.5. The van der Waals surface area contributed by atoms with E-state index in [9.17, 15) is 4.79 Å². The van der Waals surface area contributed by atoms with Crippen molar-refractivity contribution in [3.63, 3.8) is 0 Å². The third-order valence-electron chi connectivity index (χ3n) is 2.13. The topological polar surface area (TPSA) is 68.8 Å². The summed E-state index contributed by atoms with van der Waals surface area (Å²) in [6.07, 6.45) is 1.64. The molecule has 0 aliphatic heterocycles. The van der Waals surface area contributed by atoms with Gasteiger partial charge in [0.2, 0.25) is 0 Å². The lowest BCUT2D eigenvalue weighted by atomic mass is 10.3. The number of nitrogens with one attached hydrogen (secondary N) is 2. The van der Waals surface area contributed by atoms with Gasteiger partial charge in [-0.05, 0) is 13.5 Å². The minimum absolute atomic E-state index is 0.272. The molecule has 0 aliphatic rings. The van der Waals surface area contributed by atoms with Gasteiger partial charge in [-0.1, -0.05) is 13.3 Å². The van der Waals surface area contributed by atoms with Crippen LogP contribution in [0.4, 0.5) is 4.79 Å². The van der Waals surface area contributed by atoms with E-state index in [-0.39, 0.29) is 12.7 Å². The number of carbonyl (C=O) groups excluding carboxylic acids is 1. The van der Waals surface area contributed by atoms with Crippen molar-refractivity contribution in [2.24, 2.45) is 0 Å². The van der Waals surface area contributed by atoms with Crippen LogP contribution >= 0.6 is 0 Å². The van der Waals surface area contributed by atoms with E-state index < -0.39 is 0 Å². The predicted molar refractivity (Wildman–Crippen MR) is 69.8 cm³/mol. The Morgan fingerprint density at radius 1 is 1.00 bits per heavy atom. The largest absolute Gasteiger partial charge is 0.447 e. The van der Waals surface area contributed by atoms with Crippen LogP contribution in [0, 0.1) is 0 Å². The number of carbonyl (C=O) groups is 1. The highest BCUT2D eigenvalue weighted by atomic mass is 16.6. The van der Waals surface area contributed by atoms with Gasteiger partial charge in [0.1, 0.15) is 6.61 Å². The van der Waals surface area contributed by atoms with Crippen LogP contribution in [0.2, 0.25) is 0 Å². The van der Waals surface area contributed by atoms with Crippen LogP contribution in [0.1, 0.15) is 19.8 Å². The number of rotatable bonds is 12. The first-order valence-corrected chi connectivity index (χ1v) is 6.52. The maximum atomic E-state index is 11.1. The maximum absolute atomic E-state index is 11.1. The van der Waals surface area contributed by atoms with E-state index in [2.05, 4.69) is 17.6 Å². The third-order valence-corrected chi connectivity index (χ3v) is 2.13. The van der Waals surface area contributed by atoms with Crippen LogP contribution < -0.4 is 10.6 Å². The van der Waals surface area contributed by atoms with E-state index >= 15 is 0 Å². The molecule has 0 radical (unpaired) electrons. The zero-order chi connectivity index (χ0) is 13.5. The monoisotopic (exact) mass is 262 g/mol. The molecule has 0 aliphatic carbocycles. The SMILES string of the molecule is CCCCNC(=O)OCCOCCOCCNC. The molecule has 0 aromatic carbocycles. The lowest BCUT2D eigenvalue weighted by molar-refractivity contribution is 0.0291. The molecule has 108 valence electrons. The van der Waals surface area contributed by atoms with Gasteiger partial charge in [0.05, 0.1) is 26.4 Å². The zero-order valence-electron chi connectivity index (χ0n) is 11.5. The maximum Gasteiger partial charge on any atom is 0.407 e. The summed E-state index contributed by atoms with van der Waals surface area (Å²) in [7, 11) is 1.88. The minimum Gasteiger partial charge on any atom is -0.447 e. The molecule has 18 heavy (non-hydrogen) atoms. The van der Waals surface area contributed by atoms with E-state index in [1.807, 2.05) is 7.05 Å². The Morgan fingerprint density at radius 2 is 1.67 bits per heavy atom. The molecule has 0 saturated carbocycles. The van der Waals surface area contributed by atoms with Crippen LogP contribution in [0.5, 0.6) is 0 Å². The highest BCUT2D eigenvalue weighted by molar-refractivity contribution is 5.66.